The van der Waals surface area contributed by atoms with Gasteiger partial charge in [0.05, 0.1) is 11.2 Å². The van der Waals surface area contributed by atoms with Crippen molar-refractivity contribution < 1.29 is 9.59 Å². The average molecular weight is 307 g/mol. The van der Waals surface area contributed by atoms with Crippen molar-refractivity contribution in [2.75, 3.05) is 19.6 Å². The first-order valence-corrected chi connectivity index (χ1v) is 8.14. The molecule has 0 radical (unpaired) electrons. The molecule has 114 valence electrons. The summed E-state index contributed by atoms with van der Waals surface area (Å²) >= 11 is 1.40. The fraction of sp³-hybridized carbons (Fsp3) is 0.533. The lowest BCUT2D eigenvalue weighted by atomic mass is 10.1. The van der Waals surface area contributed by atoms with Crippen molar-refractivity contribution >= 4 is 23.2 Å². The molecular weight excluding hydrogens is 286 g/mol. The fourth-order valence-electron chi connectivity index (χ4n) is 2.63. The highest BCUT2D eigenvalue weighted by Gasteiger charge is 2.32. The Morgan fingerprint density at radius 3 is 2.86 bits per heavy atom. The number of aromatic nitrogens is 1. The van der Waals surface area contributed by atoms with E-state index in [1.54, 1.807) is 10.4 Å². The smallest absolute Gasteiger partial charge is 0.266 e. The highest BCUT2D eigenvalue weighted by molar-refractivity contribution is 7.11. The zero-order valence-electron chi connectivity index (χ0n) is 12.5. The topological polar surface area (TPSA) is 53.5 Å². The van der Waals surface area contributed by atoms with Crippen LogP contribution < -0.4 is 0 Å². The van der Waals surface area contributed by atoms with E-state index >= 15 is 0 Å². The van der Waals surface area contributed by atoms with Gasteiger partial charge in [0, 0.05) is 25.7 Å². The van der Waals surface area contributed by atoms with Crippen molar-refractivity contribution in [3.8, 4) is 0 Å². The Bertz CT molecular complexity index is 541. The maximum absolute atomic E-state index is 12.7. The van der Waals surface area contributed by atoms with Crippen LogP contribution in [0, 0.1) is 0 Å². The first-order valence-electron chi connectivity index (χ1n) is 7.27. The molecule has 0 spiro atoms. The lowest BCUT2D eigenvalue weighted by Gasteiger charge is -2.40. The Morgan fingerprint density at radius 1 is 1.48 bits per heavy atom. The number of thiazole rings is 1. The second kappa shape index (κ2) is 6.85. The molecule has 1 fully saturated rings. The van der Waals surface area contributed by atoms with E-state index in [9.17, 15) is 9.59 Å². The van der Waals surface area contributed by atoms with Gasteiger partial charge in [-0.25, -0.2) is 4.98 Å². The molecule has 0 N–H and O–H groups in total. The van der Waals surface area contributed by atoms with Crippen molar-refractivity contribution in [2.24, 2.45) is 0 Å². The van der Waals surface area contributed by atoms with Crippen molar-refractivity contribution in [3.63, 3.8) is 0 Å². The molecule has 5 nitrogen and oxygen atoms in total. The predicted molar refractivity (Wildman–Crippen MR) is 83.4 cm³/mol. The summed E-state index contributed by atoms with van der Waals surface area (Å²) in [7, 11) is 0. The minimum Gasteiger partial charge on any atom is -0.335 e. The van der Waals surface area contributed by atoms with Crippen LogP contribution >= 0.6 is 11.3 Å². The molecule has 0 aromatic carbocycles. The summed E-state index contributed by atoms with van der Waals surface area (Å²) in [5, 5.41) is 0. The summed E-state index contributed by atoms with van der Waals surface area (Å²) in [6.45, 7) is 9.28. The summed E-state index contributed by atoms with van der Waals surface area (Å²) in [5.74, 6) is -0.0144. The van der Waals surface area contributed by atoms with Crippen LogP contribution in [0.4, 0.5) is 0 Å². The molecule has 0 saturated carbocycles. The van der Waals surface area contributed by atoms with Gasteiger partial charge in [-0.1, -0.05) is 20.4 Å². The zero-order valence-corrected chi connectivity index (χ0v) is 13.4. The van der Waals surface area contributed by atoms with Crippen LogP contribution in [0.5, 0.6) is 0 Å². The Balaban J connectivity index is 2.15. The molecule has 2 heterocycles. The Kier molecular flexibility index (Phi) is 5.12. The van der Waals surface area contributed by atoms with Gasteiger partial charge in [-0.3, -0.25) is 9.59 Å². The van der Waals surface area contributed by atoms with E-state index in [0.29, 0.717) is 19.6 Å². The number of amides is 2. The third kappa shape index (κ3) is 3.15. The van der Waals surface area contributed by atoms with Crippen molar-refractivity contribution in [3.05, 3.63) is 28.7 Å². The minimum absolute atomic E-state index is 0.0481. The van der Waals surface area contributed by atoms with Gasteiger partial charge < -0.3 is 9.80 Å². The molecule has 0 aliphatic carbocycles. The van der Waals surface area contributed by atoms with Crippen molar-refractivity contribution in [2.45, 2.75) is 32.7 Å². The number of hydrogen-bond donors (Lipinski definition) is 0. The third-order valence-electron chi connectivity index (χ3n) is 3.87. The van der Waals surface area contributed by atoms with Crippen LogP contribution in [0.2, 0.25) is 0 Å². The van der Waals surface area contributed by atoms with Gasteiger partial charge >= 0.3 is 0 Å². The van der Waals surface area contributed by atoms with Crippen LogP contribution in [0.3, 0.4) is 0 Å². The maximum Gasteiger partial charge on any atom is 0.266 e. The quantitative estimate of drug-likeness (QED) is 0.799. The van der Waals surface area contributed by atoms with E-state index in [0.717, 1.165) is 23.4 Å². The fourth-order valence-corrected chi connectivity index (χ4v) is 3.46. The second-order valence-electron chi connectivity index (χ2n) is 5.03. The monoisotopic (exact) mass is 307 g/mol. The molecule has 2 amide bonds. The number of hydrogen-bond acceptors (Lipinski definition) is 4. The number of carbonyl (C=O) groups excluding carboxylic acids is 2. The SMILES string of the molecule is C=CC(=O)N1CCN(C(=O)c2scnc2CC)C(CC)C1. The van der Waals surface area contributed by atoms with Gasteiger partial charge in [0.1, 0.15) is 4.88 Å². The Labute approximate surface area is 129 Å². The van der Waals surface area contributed by atoms with Gasteiger partial charge in [-0.15, -0.1) is 11.3 Å². The summed E-state index contributed by atoms with van der Waals surface area (Å²) in [6, 6.07) is 0.0574. The predicted octanol–water partition coefficient (Wildman–Crippen LogP) is 1.95. The van der Waals surface area contributed by atoms with Gasteiger partial charge in [-0.05, 0) is 18.9 Å². The maximum atomic E-state index is 12.7. The number of carbonyl (C=O) groups is 2. The standard InChI is InChI=1S/C15H21N3O2S/c1-4-11-9-17(13(19)6-3)7-8-18(11)15(20)14-12(5-2)16-10-21-14/h6,10-11H,3-5,7-9H2,1-2H3. The van der Waals surface area contributed by atoms with Gasteiger partial charge in [0.15, 0.2) is 0 Å². The molecular formula is C15H21N3O2S. The number of aryl methyl sites for hydroxylation is 1. The normalized spacial score (nSPS) is 18.7. The third-order valence-corrected chi connectivity index (χ3v) is 4.73. The molecule has 0 bridgehead atoms. The minimum atomic E-state index is -0.0624. The number of piperazine rings is 1. The lowest BCUT2D eigenvalue weighted by molar-refractivity contribution is -0.128. The average Bonchev–Trinajstić information content (AvgIpc) is 3.01. The molecule has 1 aromatic rings. The molecule has 6 heteroatoms. The highest BCUT2D eigenvalue weighted by Crippen LogP contribution is 2.21. The summed E-state index contributed by atoms with van der Waals surface area (Å²) < 4.78 is 0. The molecule has 1 aliphatic heterocycles. The Morgan fingerprint density at radius 2 is 2.24 bits per heavy atom. The van der Waals surface area contributed by atoms with Crippen molar-refractivity contribution in [1.29, 1.82) is 0 Å². The lowest BCUT2D eigenvalue weighted by Crippen LogP contribution is -2.56. The molecule has 1 aromatic heterocycles. The molecule has 1 aliphatic rings. The Hall–Kier alpha value is -1.69. The van der Waals surface area contributed by atoms with Crippen molar-refractivity contribution in [1.82, 2.24) is 14.8 Å². The molecule has 1 saturated heterocycles. The highest BCUT2D eigenvalue weighted by atomic mass is 32.1. The number of nitrogens with zero attached hydrogens (tertiary/aromatic N) is 3. The van der Waals surface area contributed by atoms with E-state index in [-0.39, 0.29) is 17.9 Å². The summed E-state index contributed by atoms with van der Waals surface area (Å²) in [4.78, 5) is 33.1. The molecule has 1 atom stereocenters. The largest absolute Gasteiger partial charge is 0.335 e. The molecule has 21 heavy (non-hydrogen) atoms. The van der Waals surface area contributed by atoms with E-state index in [2.05, 4.69) is 11.6 Å². The molecule has 1 unspecified atom stereocenters. The molecule has 2 rings (SSSR count). The van der Waals surface area contributed by atoms with Crippen LogP contribution in [-0.4, -0.2) is 52.3 Å². The summed E-state index contributed by atoms with van der Waals surface area (Å²) in [6.07, 6.45) is 2.92. The first kappa shape index (κ1) is 15.7. The van der Waals surface area contributed by atoms with Crippen LogP contribution in [0.25, 0.3) is 0 Å². The van der Waals surface area contributed by atoms with E-state index in [1.807, 2.05) is 18.7 Å². The van der Waals surface area contributed by atoms with Gasteiger partial charge in [0.25, 0.3) is 5.91 Å². The van der Waals surface area contributed by atoms with Crippen LogP contribution in [0.1, 0.15) is 35.6 Å². The van der Waals surface area contributed by atoms with Gasteiger partial charge in [-0.2, -0.15) is 0 Å². The van der Waals surface area contributed by atoms with Crippen LogP contribution in [0.15, 0.2) is 18.2 Å². The van der Waals surface area contributed by atoms with Gasteiger partial charge in [0.2, 0.25) is 5.91 Å². The van der Waals surface area contributed by atoms with E-state index in [1.165, 1.54) is 17.4 Å². The first-order chi connectivity index (χ1) is 10.1. The van der Waals surface area contributed by atoms with E-state index in [4.69, 9.17) is 0 Å². The van der Waals surface area contributed by atoms with E-state index < -0.39 is 0 Å². The zero-order chi connectivity index (χ0) is 15.4. The number of rotatable bonds is 4. The van der Waals surface area contributed by atoms with Crippen LogP contribution in [-0.2, 0) is 11.2 Å². The summed E-state index contributed by atoms with van der Waals surface area (Å²) in [5.41, 5.74) is 2.59. The second-order valence-corrected chi connectivity index (χ2v) is 5.89.